The third kappa shape index (κ3) is 9.48. The Morgan fingerprint density at radius 1 is 1.29 bits per heavy atom. The summed E-state index contributed by atoms with van der Waals surface area (Å²) >= 11 is 0. The largest absolute Gasteiger partial charge is 0.462 e. The van der Waals surface area contributed by atoms with Gasteiger partial charge in [-0.05, 0) is 27.3 Å². The predicted octanol–water partition coefficient (Wildman–Crippen LogP) is 0.954. The van der Waals surface area contributed by atoms with E-state index in [1.807, 2.05) is 27.7 Å². The zero-order valence-electron chi connectivity index (χ0n) is 9.55. The molecule has 4 heteroatoms. The van der Waals surface area contributed by atoms with Crippen LogP contribution in [0.15, 0.2) is 0 Å². The number of carbonyl (C=O) groups excluding carboxylic acids is 1. The van der Waals surface area contributed by atoms with Crippen molar-refractivity contribution in [2.75, 3.05) is 26.3 Å². The molecule has 0 saturated carbocycles. The molecule has 14 heavy (non-hydrogen) atoms. The SMILES string of the molecule is CCNCC(=O)OCCOC(C)(C)C. The maximum absolute atomic E-state index is 11.0. The Morgan fingerprint density at radius 3 is 2.43 bits per heavy atom. The predicted molar refractivity (Wildman–Crippen MR) is 55.2 cm³/mol. The monoisotopic (exact) mass is 203 g/mol. The summed E-state index contributed by atoms with van der Waals surface area (Å²) in [5, 5.41) is 2.89. The number of esters is 1. The Hall–Kier alpha value is -0.610. The Kier molecular flexibility index (Phi) is 6.49. The molecule has 0 aromatic heterocycles. The van der Waals surface area contributed by atoms with Crippen LogP contribution in [-0.4, -0.2) is 37.9 Å². The summed E-state index contributed by atoms with van der Waals surface area (Å²) in [7, 11) is 0. The van der Waals surface area contributed by atoms with Gasteiger partial charge in [0.1, 0.15) is 6.61 Å². The molecule has 0 bridgehead atoms. The molecular weight excluding hydrogens is 182 g/mol. The van der Waals surface area contributed by atoms with Crippen molar-refractivity contribution in [3.63, 3.8) is 0 Å². The van der Waals surface area contributed by atoms with Crippen LogP contribution in [0, 0.1) is 0 Å². The lowest BCUT2D eigenvalue weighted by Gasteiger charge is -2.19. The summed E-state index contributed by atoms with van der Waals surface area (Å²) in [5.41, 5.74) is -0.173. The minimum atomic E-state index is -0.232. The van der Waals surface area contributed by atoms with Gasteiger partial charge in [-0.2, -0.15) is 0 Å². The van der Waals surface area contributed by atoms with Crippen LogP contribution in [0.2, 0.25) is 0 Å². The smallest absolute Gasteiger partial charge is 0.319 e. The van der Waals surface area contributed by atoms with E-state index in [2.05, 4.69) is 5.32 Å². The van der Waals surface area contributed by atoms with Gasteiger partial charge in [0.25, 0.3) is 0 Å². The average Bonchev–Trinajstić information content (AvgIpc) is 2.07. The number of ether oxygens (including phenoxy) is 2. The lowest BCUT2D eigenvalue weighted by Crippen LogP contribution is -2.27. The number of likely N-dealkylation sites (N-methyl/N-ethyl adjacent to an activating group) is 1. The molecule has 0 atom stereocenters. The third-order valence-electron chi connectivity index (χ3n) is 1.40. The summed E-state index contributed by atoms with van der Waals surface area (Å²) in [6.07, 6.45) is 0. The zero-order chi connectivity index (χ0) is 11.0. The topological polar surface area (TPSA) is 47.6 Å². The highest BCUT2D eigenvalue weighted by molar-refractivity contribution is 5.71. The second-order valence-electron chi connectivity index (χ2n) is 3.96. The molecule has 0 saturated heterocycles. The minimum absolute atomic E-state index is 0.173. The summed E-state index contributed by atoms with van der Waals surface area (Å²) in [4.78, 5) is 11.0. The zero-order valence-corrected chi connectivity index (χ0v) is 9.55. The van der Waals surface area contributed by atoms with Gasteiger partial charge in [0.2, 0.25) is 0 Å². The fraction of sp³-hybridized carbons (Fsp3) is 0.900. The molecule has 0 aliphatic heterocycles. The first-order chi connectivity index (χ1) is 6.45. The van der Waals surface area contributed by atoms with Crippen LogP contribution < -0.4 is 5.32 Å². The standard InChI is InChI=1S/C10H21NO3/c1-5-11-8-9(12)13-6-7-14-10(2,3)4/h11H,5-8H2,1-4H3. The lowest BCUT2D eigenvalue weighted by molar-refractivity contribution is -0.145. The molecular formula is C10H21NO3. The van der Waals surface area contributed by atoms with E-state index >= 15 is 0 Å². The molecule has 84 valence electrons. The molecule has 0 aromatic carbocycles. The van der Waals surface area contributed by atoms with E-state index in [-0.39, 0.29) is 18.1 Å². The van der Waals surface area contributed by atoms with E-state index in [9.17, 15) is 4.79 Å². The Balaban J connectivity index is 3.32. The molecule has 1 N–H and O–H groups in total. The normalized spacial score (nSPS) is 11.4. The van der Waals surface area contributed by atoms with Gasteiger partial charge in [-0.1, -0.05) is 6.92 Å². The van der Waals surface area contributed by atoms with Gasteiger partial charge >= 0.3 is 5.97 Å². The summed E-state index contributed by atoms with van der Waals surface area (Å²) in [5.74, 6) is -0.232. The highest BCUT2D eigenvalue weighted by atomic mass is 16.6. The van der Waals surface area contributed by atoms with Crippen molar-refractivity contribution in [2.24, 2.45) is 0 Å². The molecule has 0 unspecified atom stereocenters. The van der Waals surface area contributed by atoms with Crippen LogP contribution in [0.5, 0.6) is 0 Å². The first kappa shape index (κ1) is 13.4. The van der Waals surface area contributed by atoms with Crippen molar-refractivity contribution in [1.82, 2.24) is 5.32 Å². The molecule has 0 heterocycles. The second kappa shape index (κ2) is 6.79. The van der Waals surface area contributed by atoms with Crippen LogP contribution in [-0.2, 0) is 14.3 Å². The number of carbonyl (C=O) groups is 1. The van der Waals surface area contributed by atoms with E-state index in [1.165, 1.54) is 0 Å². The molecule has 0 amide bonds. The van der Waals surface area contributed by atoms with Crippen LogP contribution in [0.4, 0.5) is 0 Å². The van der Waals surface area contributed by atoms with Gasteiger partial charge in [-0.25, -0.2) is 0 Å². The first-order valence-electron chi connectivity index (χ1n) is 4.96. The number of hydrogen-bond acceptors (Lipinski definition) is 4. The molecule has 0 radical (unpaired) electrons. The van der Waals surface area contributed by atoms with Crippen molar-refractivity contribution >= 4 is 5.97 Å². The molecule has 0 aromatic rings. The maximum Gasteiger partial charge on any atom is 0.319 e. The molecule has 0 aliphatic carbocycles. The Morgan fingerprint density at radius 2 is 1.93 bits per heavy atom. The quantitative estimate of drug-likeness (QED) is 0.516. The van der Waals surface area contributed by atoms with E-state index in [1.54, 1.807) is 0 Å². The van der Waals surface area contributed by atoms with Crippen molar-refractivity contribution in [3.8, 4) is 0 Å². The highest BCUT2D eigenvalue weighted by Gasteiger charge is 2.09. The van der Waals surface area contributed by atoms with Crippen molar-refractivity contribution in [3.05, 3.63) is 0 Å². The molecule has 0 spiro atoms. The fourth-order valence-electron chi connectivity index (χ4n) is 0.781. The highest BCUT2D eigenvalue weighted by Crippen LogP contribution is 2.05. The molecule has 4 nitrogen and oxygen atoms in total. The summed E-state index contributed by atoms with van der Waals surface area (Å²) in [6.45, 7) is 9.65. The first-order valence-corrected chi connectivity index (χ1v) is 4.96. The third-order valence-corrected chi connectivity index (χ3v) is 1.40. The van der Waals surface area contributed by atoms with Gasteiger partial charge in [0, 0.05) is 0 Å². The van der Waals surface area contributed by atoms with E-state index in [0.717, 1.165) is 6.54 Å². The number of nitrogens with one attached hydrogen (secondary N) is 1. The van der Waals surface area contributed by atoms with Gasteiger partial charge in [-0.3, -0.25) is 4.79 Å². The Bertz CT molecular complexity index is 163. The van der Waals surface area contributed by atoms with Gasteiger partial charge in [0.15, 0.2) is 0 Å². The number of rotatable bonds is 6. The van der Waals surface area contributed by atoms with E-state index in [4.69, 9.17) is 9.47 Å². The van der Waals surface area contributed by atoms with Gasteiger partial charge < -0.3 is 14.8 Å². The van der Waals surface area contributed by atoms with Crippen molar-refractivity contribution in [2.45, 2.75) is 33.3 Å². The van der Waals surface area contributed by atoms with Crippen LogP contribution in [0.3, 0.4) is 0 Å². The average molecular weight is 203 g/mol. The minimum Gasteiger partial charge on any atom is -0.462 e. The number of hydrogen-bond donors (Lipinski definition) is 1. The summed E-state index contributed by atoms with van der Waals surface area (Å²) in [6, 6.07) is 0. The fourth-order valence-corrected chi connectivity index (χ4v) is 0.781. The van der Waals surface area contributed by atoms with Crippen LogP contribution >= 0.6 is 0 Å². The van der Waals surface area contributed by atoms with Crippen LogP contribution in [0.1, 0.15) is 27.7 Å². The van der Waals surface area contributed by atoms with Gasteiger partial charge in [0.05, 0.1) is 18.8 Å². The molecule has 0 aliphatic rings. The lowest BCUT2D eigenvalue weighted by atomic mass is 10.2. The van der Waals surface area contributed by atoms with E-state index < -0.39 is 0 Å². The Labute approximate surface area is 86.0 Å². The second-order valence-corrected chi connectivity index (χ2v) is 3.96. The van der Waals surface area contributed by atoms with Crippen molar-refractivity contribution in [1.29, 1.82) is 0 Å². The maximum atomic E-state index is 11.0. The van der Waals surface area contributed by atoms with E-state index in [0.29, 0.717) is 13.2 Å². The van der Waals surface area contributed by atoms with Crippen molar-refractivity contribution < 1.29 is 14.3 Å². The van der Waals surface area contributed by atoms with Gasteiger partial charge in [-0.15, -0.1) is 0 Å². The van der Waals surface area contributed by atoms with Crippen LogP contribution in [0.25, 0.3) is 0 Å². The molecule has 0 rings (SSSR count). The molecule has 0 fully saturated rings. The summed E-state index contributed by atoms with van der Waals surface area (Å²) < 4.78 is 10.3.